The number of rotatable bonds is 11. The van der Waals surface area contributed by atoms with Gasteiger partial charge in [-0.2, -0.15) is 4.72 Å². The lowest BCUT2D eigenvalue weighted by atomic mass is 10.1. The van der Waals surface area contributed by atoms with E-state index in [1.54, 1.807) is 0 Å². The lowest BCUT2D eigenvalue weighted by Crippen LogP contribution is -2.50. The van der Waals surface area contributed by atoms with E-state index >= 15 is 0 Å². The van der Waals surface area contributed by atoms with Crippen molar-refractivity contribution in [3.63, 3.8) is 0 Å². The van der Waals surface area contributed by atoms with E-state index in [2.05, 4.69) is 10.0 Å². The van der Waals surface area contributed by atoms with Crippen molar-refractivity contribution in [3.8, 4) is 5.75 Å². The Morgan fingerprint density at radius 3 is 2.43 bits per heavy atom. The summed E-state index contributed by atoms with van der Waals surface area (Å²) >= 11 is 6.15. The van der Waals surface area contributed by atoms with E-state index in [0.29, 0.717) is 12.4 Å². The van der Waals surface area contributed by atoms with Crippen LogP contribution in [-0.4, -0.2) is 33.0 Å². The molecule has 0 spiro atoms. The van der Waals surface area contributed by atoms with Gasteiger partial charge in [0.1, 0.15) is 11.8 Å². The predicted octanol–water partition coefficient (Wildman–Crippen LogP) is 3.93. The molecular formula is C22H29ClN2O4S. The quantitative estimate of drug-likeness (QED) is 0.541. The number of ether oxygens (including phenoxy) is 1. The Bertz CT molecular complexity index is 935. The highest BCUT2D eigenvalue weighted by molar-refractivity contribution is 7.89. The molecule has 0 saturated carbocycles. The minimum absolute atomic E-state index is 0.0246. The second-order valence-corrected chi connectivity index (χ2v) is 9.21. The van der Waals surface area contributed by atoms with E-state index in [1.165, 1.54) is 18.2 Å². The molecule has 0 radical (unpaired) electrons. The molecule has 2 N–H and O–H groups in total. The number of hydrogen-bond donors (Lipinski definition) is 2. The molecule has 0 aliphatic heterocycles. The predicted molar refractivity (Wildman–Crippen MR) is 119 cm³/mol. The SMILES string of the molecule is CCCC(C)NC(=O)C(Cc1ccccc1)NS(=O)(=O)c1ccc(OCC)c(Cl)c1. The van der Waals surface area contributed by atoms with Crippen LogP contribution in [0, 0.1) is 0 Å². The van der Waals surface area contributed by atoms with Gasteiger partial charge in [-0.15, -0.1) is 0 Å². The Hall–Kier alpha value is -2.09. The van der Waals surface area contributed by atoms with Gasteiger partial charge < -0.3 is 10.1 Å². The molecule has 6 nitrogen and oxygen atoms in total. The summed E-state index contributed by atoms with van der Waals surface area (Å²) in [6.45, 7) is 6.17. The van der Waals surface area contributed by atoms with Crippen LogP contribution in [0.4, 0.5) is 0 Å². The lowest BCUT2D eigenvalue weighted by Gasteiger charge is -2.21. The summed E-state index contributed by atoms with van der Waals surface area (Å²) in [5, 5.41) is 3.10. The van der Waals surface area contributed by atoms with Crippen molar-refractivity contribution in [3.05, 3.63) is 59.1 Å². The number of benzene rings is 2. The zero-order valence-electron chi connectivity index (χ0n) is 17.5. The fourth-order valence-corrected chi connectivity index (χ4v) is 4.58. The Morgan fingerprint density at radius 2 is 1.83 bits per heavy atom. The zero-order chi connectivity index (χ0) is 22.1. The highest BCUT2D eigenvalue weighted by atomic mass is 35.5. The third-order valence-corrected chi connectivity index (χ3v) is 6.29. The summed E-state index contributed by atoms with van der Waals surface area (Å²) in [5.74, 6) is 0.0468. The molecule has 30 heavy (non-hydrogen) atoms. The van der Waals surface area contributed by atoms with Crippen molar-refractivity contribution in [1.82, 2.24) is 10.0 Å². The van der Waals surface area contributed by atoms with Crippen LogP contribution in [0.3, 0.4) is 0 Å². The number of sulfonamides is 1. The highest BCUT2D eigenvalue weighted by Gasteiger charge is 2.27. The van der Waals surface area contributed by atoms with Gasteiger partial charge in [0, 0.05) is 6.04 Å². The molecule has 0 bridgehead atoms. The van der Waals surface area contributed by atoms with Crippen molar-refractivity contribution < 1.29 is 17.9 Å². The van der Waals surface area contributed by atoms with Crippen molar-refractivity contribution in [2.24, 2.45) is 0 Å². The van der Waals surface area contributed by atoms with Gasteiger partial charge in [0.2, 0.25) is 15.9 Å². The third-order valence-electron chi connectivity index (χ3n) is 4.52. The van der Waals surface area contributed by atoms with E-state index in [0.717, 1.165) is 18.4 Å². The number of nitrogens with one attached hydrogen (secondary N) is 2. The topological polar surface area (TPSA) is 84.5 Å². The smallest absolute Gasteiger partial charge is 0.241 e. The van der Waals surface area contributed by atoms with Gasteiger partial charge in [0.25, 0.3) is 0 Å². The average Bonchev–Trinajstić information content (AvgIpc) is 2.70. The Labute approximate surface area is 184 Å². The maximum absolute atomic E-state index is 13.0. The number of halogens is 1. The molecule has 2 aromatic rings. The molecule has 0 aromatic heterocycles. The first kappa shape index (κ1) is 24.2. The number of carbonyl (C=O) groups is 1. The molecule has 1 amide bonds. The van der Waals surface area contributed by atoms with Crippen LogP contribution in [0.2, 0.25) is 5.02 Å². The van der Waals surface area contributed by atoms with Gasteiger partial charge in [0.15, 0.2) is 0 Å². The molecule has 2 unspecified atom stereocenters. The average molecular weight is 453 g/mol. The van der Waals surface area contributed by atoms with Crippen LogP contribution in [0.1, 0.15) is 39.2 Å². The van der Waals surface area contributed by atoms with E-state index in [1.807, 2.05) is 51.1 Å². The second-order valence-electron chi connectivity index (χ2n) is 7.09. The van der Waals surface area contributed by atoms with Crippen LogP contribution in [0.15, 0.2) is 53.4 Å². The Balaban J connectivity index is 2.26. The fraction of sp³-hybridized carbons (Fsp3) is 0.409. The zero-order valence-corrected chi connectivity index (χ0v) is 19.1. The molecule has 0 aliphatic carbocycles. The van der Waals surface area contributed by atoms with Crippen molar-refractivity contribution in [1.29, 1.82) is 0 Å². The van der Waals surface area contributed by atoms with Gasteiger partial charge >= 0.3 is 0 Å². The molecule has 0 saturated heterocycles. The first-order chi connectivity index (χ1) is 14.3. The van der Waals surface area contributed by atoms with Gasteiger partial charge in [-0.1, -0.05) is 55.3 Å². The largest absolute Gasteiger partial charge is 0.492 e. The molecule has 164 valence electrons. The molecule has 0 aliphatic rings. The van der Waals surface area contributed by atoms with Gasteiger partial charge in [-0.05, 0) is 50.5 Å². The molecular weight excluding hydrogens is 424 g/mol. The first-order valence-electron chi connectivity index (χ1n) is 10.1. The van der Waals surface area contributed by atoms with Crippen molar-refractivity contribution >= 4 is 27.5 Å². The molecule has 8 heteroatoms. The van der Waals surface area contributed by atoms with Crippen LogP contribution in [-0.2, 0) is 21.2 Å². The van der Waals surface area contributed by atoms with Crippen LogP contribution < -0.4 is 14.8 Å². The van der Waals surface area contributed by atoms with E-state index < -0.39 is 16.1 Å². The fourth-order valence-electron chi connectivity index (χ4n) is 3.06. The number of hydrogen-bond acceptors (Lipinski definition) is 4. The lowest BCUT2D eigenvalue weighted by molar-refractivity contribution is -0.123. The molecule has 0 heterocycles. The maximum Gasteiger partial charge on any atom is 0.241 e. The molecule has 2 aromatic carbocycles. The number of amides is 1. The van der Waals surface area contributed by atoms with E-state index in [9.17, 15) is 13.2 Å². The standard InChI is InChI=1S/C22H29ClN2O4S/c1-4-9-16(3)24-22(26)20(14-17-10-7-6-8-11-17)25-30(27,28)18-12-13-21(29-5-2)19(23)15-18/h6-8,10-13,15-16,20,25H,4-5,9,14H2,1-3H3,(H,24,26). The van der Waals surface area contributed by atoms with Crippen LogP contribution >= 0.6 is 11.6 Å². The van der Waals surface area contributed by atoms with E-state index in [-0.39, 0.29) is 28.3 Å². The minimum atomic E-state index is -3.98. The van der Waals surface area contributed by atoms with Gasteiger partial charge in [-0.3, -0.25) is 4.79 Å². The molecule has 0 fully saturated rings. The van der Waals surface area contributed by atoms with Crippen molar-refractivity contribution in [2.75, 3.05) is 6.61 Å². The summed E-state index contributed by atoms with van der Waals surface area (Å²) in [6, 6.07) is 12.5. The van der Waals surface area contributed by atoms with Gasteiger partial charge in [-0.25, -0.2) is 8.42 Å². The Kier molecular flexibility index (Phi) is 9.14. The maximum atomic E-state index is 13.0. The van der Waals surface area contributed by atoms with E-state index in [4.69, 9.17) is 16.3 Å². The monoisotopic (exact) mass is 452 g/mol. The molecule has 2 rings (SSSR count). The van der Waals surface area contributed by atoms with Crippen molar-refractivity contribution in [2.45, 2.75) is 57.0 Å². The summed E-state index contributed by atoms with van der Waals surface area (Å²) in [7, 11) is -3.98. The highest BCUT2D eigenvalue weighted by Crippen LogP contribution is 2.27. The van der Waals surface area contributed by atoms with Gasteiger partial charge in [0.05, 0.1) is 16.5 Å². The first-order valence-corrected chi connectivity index (χ1v) is 11.9. The number of carbonyl (C=O) groups excluding carboxylic acids is 1. The third kappa shape index (κ3) is 7.00. The second kappa shape index (κ2) is 11.3. The normalized spacial score (nSPS) is 13.5. The Morgan fingerprint density at radius 1 is 1.13 bits per heavy atom. The van der Waals surface area contributed by atoms with Crippen LogP contribution in [0.5, 0.6) is 5.75 Å². The van der Waals surface area contributed by atoms with Crippen LogP contribution in [0.25, 0.3) is 0 Å². The molecule has 2 atom stereocenters. The summed E-state index contributed by atoms with van der Waals surface area (Å²) in [4.78, 5) is 12.8. The minimum Gasteiger partial charge on any atom is -0.492 e. The summed E-state index contributed by atoms with van der Waals surface area (Å²) in [6.07, 6.45) is 1.96. The summed E-state index contributed by atoms with van der Waals surface area (Å²) < 4.78 is 33.9. The summed E-state index contributed by atoms with van der Waals surface area (Å²) in [5.41, 5.74) is 0.855.